The molecule has 0 aliphatic heterocycles. The lowest BCUT2D eigenvalue weighted by Crippen LogP contribution is -2.61. The molecule has 0 radical (unpaired) electrons. The summed E-state index contributed by atoms with van der Waals surface area (Å²) in [6.45, 7) is 9.34. The Morgan fingerprint density at radius 2 is 1.68 bits per heavy atom. The van der Waals surface area contributed by atoms with Crippen LogP contribution in [0.1, 0.15) is 52.5 Å². The van der Waals surface area contributed by atoms with Crippen molar-refractivity contribution in [1.82, 2.24) is 10.4 Å². The van der Waals surface area contributed by atoms with Crippen molar-refractivity contribution in [3.05, 3.63) is 35.9 Å². The van der Waals surface area contributed by atoms with Gasteiger partial charge >= 0.3 is 5.97 Å². The predicted octanol–water partition coefficient (Wildman–Crippen LogP) is 2.44. The SMILES string of the molecule is CCC(=O)C(c1ccccc1)C(C)(NOC(C)=O)C(=O)N(CC)CC. The molecule has 138 valence electrons. The summed E-state index contributed by atoms with van der Waals surface area (Å²) in [7, 11) is 0. The van der Waals surface area contributed by atoms with Crippen LogP contribution in [0.25, 0.3) is 0 Å². The van der Waals surface area contributed by atoms with Gasteiger partial charge in [0, 0.05) is 26.4 Å². The third-order valence-electron chi connectivity index (χ3n) is 4.28. The number of hydrogen-bond donors (Lipinski definition) is 1. The van der Waals surface area contributed by atoms with Crippen LogP contribution in [0.5, 0.6) is 0 Å². The van der Waals surface area contributed by atoms with Crippen LogP contribution in [-0.4, -0.2) is 41.2 Å². The minimum absolute atomic E-state index is 0.103. The normalized spacial score (nSPS) is 14.3. The Hall–Kier alpha value is -2.21. The molecule has 0 aliphatic carbocycles. The fourth-order valence-corrected chi connectivity index (χ4v) is 2.93. The second-order valence-corrected chi connectivity index (χ2v) is 6.04. The van der Waals surface area contributed by atoms with Crippen molar-refractivity contribution < 1.29 is 19.2 Å². The number of carbonyl (C=O) groups is 3. The third kappa shape index (κ3) is 4.89. The van der Waals surface area contributed by atoms with E-state index in [-0.39, 0.29) is 18.1 Å². The molecule has 0 aromatic heterocycles. The van der Waals surface area contributed by atoms with Gasteiger partial charge in [0.1, 0.15) is 11.3 Å². The summed E-state index contributed by atoms with van der Waals surface area (Å²) in [5, 5.41) is 0. The summed E-state index contributed by atoms with van der Waals surface area (Å²) in [5.41, 5.74) is 1.91. The number of hydroxylamine groups is 1. The van der Waals surface area contributed by atoms with Gasteiger partial charge in [-0.1, -0.05) is 37.3 Å². The number of rotatable bonds is 9. The molecule has 0 spiro atoms. The number of nitrogens with zero attached hydrogens (tertiary/aromatic N) is 1. The first kappa shape index (κ1) is 20.8. The molecule has 1 rings (SSSR count). The highest BCUT2D eigenvalue weighted by atomic mass is 16.7. The van der Waals surface area contributed by atoms with E-state index in [1.165, 1.54) is 6.92 Å². The van der Waals surface area contributed by atoms with Crippen molar-refractivity contribution in [1.29, 1.82) is 0 Å². The zero-order valence-corrected chi connectivity index (χ0v) is 15.7. The summed E-state index contributed by atoms with van der Waals surface area (Å²) < 4.78 is 0. The van der Waals surface area contributed by atoms with Gasteiger partial charge in [-0.25, -0.2) is 0 Å². The topological polar surface area (TPSA) is 75.7 Å². The molecular weight excluding hydrogens is 320 g/mol. The van der Waals surface area contributed by atoms with Gasteiger partial charge in [-0.15, -0.1) is 5.48 Å². The maximum absolute atomic E-state index is 13.2. The number of Topliss-reactive ketones (excluding diaryl/α,β-unsaturated/α-hetero) is 1. The first-order chi connectivity index (χ1) is 11.8. The van der Waals surface area contributed by atoms with Gasteiger partial charge in [-0.2, -0.15) is 0 Å². The van der Waals surface area contributed by atoms with Crippen LogP contribution in [0.15, 0.2) is 30.3 Å². The second kappa shape index (κ2) is 9.32. The average Bonchev–Trinajstić information content (AvgIpc) is 2.61. The smallest absolute Gasteiger partial charge is 0.321 e. The van der Waals surface area contributed by atoms with E-state index in [0.717, 1.165) is 0 Å². The van der Waals surface area contributed by atoms with Crippen LogP contribution in [0.4, 0.5) is 0 Å². The van der Waals surface area contributed by atoms with Gasteiger partial charge in [0.15, 0.2) is 0 Å². The Labute approximate surface area is 149 Å². The zero-order valence-electron chi connectivity index (χ0n) is 15.7. The van der Waals surface area contributed by atoms with E-state index < -0.39 is 17.4 Å². The van der Waals surface area contributed by atoms with Crippen molar-refractivity contribution >= 4 is 17.7 Å². The van der Waals surface area contributed by atoms with Gasteiger partial charge in [0.2, 0.25) is 5.91 Å². The molecule has 1 N–H and O–H groups in total. The largest absolute Gasteiger partial charge is 0.370 e. The molecule has 0 saturated heterocycles. The highest BCUT2D eigenvalue weighted by Gasteiger charge is 2.48. The fourth-order valence-electron chi connectivity index (χ4n) is 2.93. The van der Waals surface area contributed by atoms with Crippen molar-refractivity contribution in [3.63, 3.8) is 0 Å². The van der Waals surface area contributed by atoms with Gasteiger partial charge in [-0.05, 0) is 26.3 Å². The standard InChI is InChI=1S/C19H28N2O4/c1-6-16(23)17(15-12-10-9-11-13-15)19(5,20-25-14(4)22)18(24)21(7-2)8-3/h9-13,17,20H,6-8H2,1-5H3. The number of carbonyl (C=O) groups excluding carboxylic acids is 3. The molecule has 6 heteroatoms. The van der Waals surface area contributed by atoms with Crippen LogP contribution in [0, 0.1) is 0 Å². The summed E-state index contributed by atoms with van der Waals surface area (Å²) in [6, 6.07) is 9.10. The number of likely N-dealkylation sites (N-methyl/N-ethyl adjacent to an activating group) is 1. The van der Waals surface area contributed by atoms with Crippen molar-refractivity contribution in [2.45, 2.75) is 52.5 Å². The van der Waals surface area contributed by atoms with E-state index in [0.29, 0.717) is 18.7 Å². The number of benzene rings is 1. The molecule has 2 unspecified atom stereocenters. The van der Waals surface area contributed by atoms with Crippen molar-refractivity contribution in [3.8, 4) is 0 Å². The fraction of sp³-hybridized carbons (Fsp3) is 0.526. The van der Waals surface area contributed by atoms with E-state index in [1.54, 1.807) is 30.9 Å². The Bertz CT molecular complexity index is 599. The minimum atomic E-state index is -1.40. The second-order valence-electron chi connectivity index (χ2n) is 6.04. The highest BCUT2D eigenvalue weighted by molar-refractivity contribution is 5.97. The Kier molecular flexibility index (Phi) is 7.77. The first-order valence-electron chi connectivity index (χ1n) is 8.63. The van der Waals surface area contributed by atoms with Gasteiger partial charge in [-0.3, -0.25) is 14.4 Å². The molecule has 0 saturated carbocycles. The van der Waals surface area contributed by atoms with E-state index in [4.69, 9.17) is 4.84 Å². The average molecular weight is 348 g/mol. The van der Waals surface area contributed by atoms with E-state index in [9.17, 15) is 14.4 Å². The molecule has 1 aromatic rings. The molecule has 25 heavy (non-hydrogen) atoms. The lowest BCUT2D eigenvalue weighted by molar-refractivity contribution is -0.162. The maximum atomic E-state index is 13.2. The Morgan fingerprint density at radius 3 is 2.12 bits per heavy atom. The van der Waals surface area contributed by atoms with Crippen LogP contribution in [0.3, 0.4) is 0 Å². The minimum Gasteiger partial charge on any atom is -0.370 e. The Morgan fingerprint density at radius 1 is 1.12 bits per heavy atom. The number of nitrogens with one attached hydrogen (secondary N) is 1. The summed E-state index contributed by atoms with van der Waals surface area (Å²) in [6.07, 6.45) is 0.266. The maximum Gasteiger partial charge on any atom is 0.321 e. The summed E-state index contributed by atoms with van der Waals surface area (Å²) in [5.74, 6) is -1.73. The van der Waals surface area contributed by atoms with Crippen LogP contribution >= 0.6 is 0 Å². The van der Waals surface area contributed by atoms with E-state index >= 15 is 0 Å². The molecule has 1 aromatic carbocycles. The molecule has 6 nitrogen and oxygen atoms in total. The van der Waals surface area contributed by atoms with Crippen molar-refractivity contribution in [2.24, 2.45) is 0 Å². The van der Waals surface area contributed by atoms with Crippen LogP contribution in [0.2, 0.25) is 0 Å². The zero-order chi connectivity index (χ0) is 19.0. The monoisotopic (exact) mass is 348 g/mol. The molecule has 2 atom stereocenters. The summed E-state index contributed by atoms with van der Waals surface area (Å²) in [4.78, 5) is 43.9. The quantitative estimate of drug-likeness (QED) is 0.694. The first-order valence-corrected chi connectivity index (χ1v) is 8.63. The molecule has 1 amide bonds. The lowest BCUT2D eigenvalue weighted by atomic mass is 9.76. The lowest BCUT2D eigenvalue weighted by Gasteiger charge is -2.38. The van der Waals surface area contributed by atoms with Gasteiger partial charge in [0.05, 0.1) is 5.92 Å². The summed E-state index contributed by atoms with van der Waals surface area (Å²) >= 11 is 0. The highest BCUT2D eigenvalue weighted by Crippen LogP contribution is 2.32. The molecular formula is C19H28N2O4. The molecule has 0 aliphatic rings. The predicted molar refractivity (Wildman–Crippen MR) is 95.7 cm³/mol. The number of hydrogen-bond acceptors (Lipinski definition) is 5. The van der Waals surface area contributed by atoms with Gasteiger partial charge in [0.25, 0.3) is 0 Å². The number of amides is 1. The Balaban J connectivity index is 3.45. The molecule has 0 fully saturated rings. The number of ketones is 1. The third-order valence-corrected chi connectivity index (χ3v) is 4.28. The van der Waals surface area contributed by atoms with E-state index in [2.05, 4.69) is 5.48 Å². The molecule has 0 heterocycles. The molecule has 0 bridgehead atoms. The van der Waals surface area contributed by atoms with Gasteiger partial charge < -0.3 is 9.74 Å². The van der Waals surface area contributed by atoms with Crippen molar-refractivity contribution in [2.75, 3.05) is 13.1 Å². The van der Waals surface area contributed by atoms with Crippen LogP contribution in [-0.2, 0) is 19.2 Å². The van der Waals surface area contributed by atoms with E-state index in [1.807, 2.05) is 32.0 Å². The van der Waals surface area contributed by atoms with Crippen LogP contribution < -0.4 is 5.48 Å².